The van der Waals surface area contributed by atoms with Gasteiger partial charge < -0.3 is 19.1 Å². The number of carbonyl (C=O) groups excluding carboxylic acids is 2. The number of nitrogens with zero attached hydrogens (tertiary/aromatic N) is 2. The third-order valence-electron chi connectivity index (χ3n) is 9.97. The molecule has 6 rings (SSSR count). The molecule has 2 bridgehead atoms. The van der Waals surface area contributed by atoms with E-state index in [1.54, 1.807) is 39.2 Å². The van der Waals surface area contributed by atoms with Crippen molar-refractivity contribution in [1.82, 2.24) is 4.72 Å². The van der Waals surface area contributed by atoms with Gasteiger partial charge in [0.1, 0.15) is 11.4 Å². The number of fused-ring (bicyclic) bond motifs is 4. The molecule has 0 unspecified atom stereocenters. The molecule has 2 aromatic carbocycles. The summed E-state index contributed by atoms with van der Waals surface area (Å²) in [6, 6.07) is 11.3. The van der Waals surface area contributed by atoms with Crippen LogP contribution in [-0.2, 0) is 40.8 Å². The number of ether oxygens (including phenoxy) is 3. The zero-order valence-corrected chi connectivity index (χ0v) is 28.2. The fraction of sp³-hybridized carbons (Fsp3) is 0.486. The van der Waals surface area contributed by atoms with Crippen LogP contribution in [0.4, 0.5) is 5.69 Å². The van der Waals surface area contributed by atoms with Crippen LogP contribution in [0.3, 0.4) is 0 Å². The smallest absolute Gasteiger partial charge is 0.287 e. The molecular formula is C35H42ClN3O6S. The summed E-state index contributed by atoms with van der Waals surface area (Å²) in [7, 11) is -2.06. The minimum Gasteiger partial charge on any atom is -0.490 e. The quantitative estimate of drug-likeness (QED) is 0.326. The number of methoxy groups -OCH3 is 1. The number of hydrogen-bond acceptors (Lipinski definition) is 7. The number of benzene rings is 2. The Labute approximate surface area is 276 Å². The molecule has 2 amide bonds. The Morgan fingerprint density at radius 3 is 2.80 bits per heavy atom. The third-order valence-corrected chi connectivity index (χ3v) is 12.0. The molecule has 4 aliphatic rings. The summed E-state index contributed by atoms with van der Waals surface area (Å²) in [4.78, 5) is 28.6. The monoisotopic (exact) mass is 667 g/mol. The first-order chi connectivity index (χ1) is 22.0. The van der Waals surface area contributed by atoms with Crippen molar-refractivity contribution in [3.05, 3.63) is 77.4 Å². The SMILES string of the molecule is C=CC(=O)N[S@@]1(=O)=NC(=O)C(C)(C)OCC=C[C@@H](OC)[C@@H]2CC[C@H]2CN2C[C@@]3(CCCc4cc(Cl)ccc43)COc3ccc1cc32. The lowest BCUT2D eigenvalue weighted by molar-refractivity contribution is -0.137. The Bertz CT molecular complexity index is 1700. The number of rotatable bonds is 3. The molecule has 1 saturated carbocycles. The molecule has 5 atom stereocenters. The Morgan fingerprint density at radius 1 is 1.24 bits per heavy atom. The summed E-state index contributed by atoms with van der Waals surface area (Å²) >= 11 is 6.43. The van der Waals surface area contributed by atoms with Gasteiger partial charge in [0, 0.05) is 30.6 Å². The van der Waals surface area contributed by atoms with E-state index in [-0.39, 0.29) is 23.0 Å². The van der Waals surface area contributed by atoms with E-state index in [9.17, 15) is 13.8 Å². The maximum Gasteiger partial charge on any atom is 0.287 e. The van der Waals surface area contributed by atoms with Crippen LogP contribution in [0.1, 0.15) is 50.7 Å². The molecule has 1 fully saturated rings. The highest BCUT2D eigenvalue weighted by atomic mass is 35.5. The highest BCUT2D eigenvalue weighted by molar-refractivity contribution is 7.92. The molecule has 2 heterocycles. The molecule has 2 aromatic rings. The van der Waals surface area contributed by atoms with E-state index in [0.29, 0.717) is 30.7 Å². The lowest BCUT2D eigenvalue weighted by Crippen LogP contribution is -2.49. The van der Waals surface area contributed by atoms with Gasteiger partial charge in [-0.2, -0.15) is 0 Å². The molecule has 1 spiro atoms. The zero-order valence-electron chi connectivity index (χ0n) is 26.6. The van der Waals surface area contributed by atoms with Gasteiger partial charge in [-0.1, -0.05) is 36.4 Å². The maximum atomic E-state index is 14.6. The summed E-state index contributed by atoms with van der Waals surface area (Å²) in [5.74, 6) is -0.201. The van der Waals surface area contributed by atoms with Crippen LogP contribution < -0.4 is 14.4 Å². The first kappa shape index (κ1) is 32.7. The normalized spacial score (nSPS) is 30.5. The summed E-state index contributed by atoms with van der Waals surface area (Å²) in [5, 5.41) is 0.725. The molecule has 0 aromatic heterocycles. The van der Waals surface area contributed by atoms with Crippen LogP contribution >= 0.6 is 11.6 Å². The van der Waals surface area contributed by atoms with E-state index in [1.165, 1.54) is 11.1 Å². The highest BCUT2D eigenvalue weighted by Crippen LogP contribution is 2.47. The second kappa shape index (κ2) is 12.8. The van der Waals surface area contributed by atoms with Crippen LogP contribution in [0.15, 0.2) is 70.5 Å². The Kier molecular flexibility index (Phi) is 9.10. The molecule has 2 aliphatic heterocycles. The highest BCUT2D eigenvalue weighted by Gasteiger charge is 2.44. The van der Waals surface area contributed by atoms with Gasteiger partial charge in [0.05, 0.1) is 29.9 Å². The summed E-state index contributed by atoms with van der Waals surface area (Å²) < 4.78 is 39.6. The molecule has 46 heavy (non-hydrogen) atoms. The van der Waals surface area contributed by atoms with Crippen LogP contribution in [0.5, 0.6) is 5.75 Å². The lowest BCUT2D eigenvalue weighted by atomic mass is 9.68. The van der Waals surface area contributed by atoms with Crippen LogP contribution in [-0.4, -0.2) is 61.1 Å². The van der Waals surface area contributed by atoms with Crippen molar-refractivity contribution in [3.8, 4) is 5.75 Å². The number of amides is 2. The predicted molar refractivity (Wildman–Crippen MR) is 179 cm³/mol. The Hall–Kier alpha value is -3.18. The van der Waals surface area contributed by atoms with Gasteiger partial charge in [0.2, 0.25) is 0 Å². The summed E-state index contributed by atoms with van der Waals surface area (Å²) in [5.41, 5.74) is 1.53. The zero-order chi connectivity index (χ0) is 32.7. The fourth-order valence-electron chi connectivity index (χ4n) is 7.25. The van der Waals surface area contributed by atoms with Crippen molar-refractivity contribution in [3.63, 3.8) is 0 Å². The molecule has 9 nitrogen and oxygen atoms in total. The standard InChI is InChI=1S/C35H42ClN3O6S/c1-5-32(40)37-46(42)26-12-15-31-29(19-26)39(21-35(22-44-31)16-6-8-23-18-25(36)11-14-28(23)35)20-24-10-13-27(24)30(43-4)9-7-17-45-34(2,3)33(41)38-46/h5,7,9,11-12,14-15,18-19,24,27,30H,1,6,8,10,13,16-17,20-22H2,2-4H3,(H,37,38,40,41,42)/t24-,27+,30+,35-,46+/m0/s1. The minimum atomic E-state index is -3.78. The van der Waals surface area contributed by atoms with Crippen molar-refractivity contribution in [2.75, 3.05) is 38.3 Å². The van der Waals surface area contributed by atoms with Crippen molar-refractivity contribution in [2.24, 2.45) is 16.2 Å². The van der Waals surface area contributed by atoms with E-state index < -0.39 is 27.3 Å². The minimum absolute atomic E-state index is 0.104. The first-order valence-corrected chi connectivity index (χ1v) is 17.8. The predicted octanol–water partition coefficient (Wildman–Crippen LogP) is 5.79. The van der Waals surface area contributed by atoms with Gasteiger partial charge in [-0.25, -0.2) is 4.21 Å². The van der Waals surface area contributed by atoms with Crippen molar-refractivity contribution in [2.45, 2.75) is 68.0 Å². The Balaban J connectivity index is 1.51. The molecule has 11 heteroatoms. The first-order valence-electron chi connectivity index (χ1n) is 15.9. The molecular weight excluding hydrogens is 626 g/mol. The van der Waals surface area contributed by atoms with Gasteiger partial charge in [-0.3, -0.25) is 14.3 Å². The number of hydrogen-bond donors (Lipinski definition) is 1. The van der Waals surface area contributed by atoms with Gasteiger partial charge >= 0.3 is 0 Å². The maximum absolute atomic E-state index is 14.6. The Morgan fingerprint density at radius 2 is 2.07 bits per heavy atom. The van der Waals surface area contributed by atoms with Gasteiger partial charge in [0.15, 0.2) is 9.92 Å². The van der Waals surface area contributed by atoms with Crippen molar-refractivity contribution in [1.29, 1.82) is 0 Å². The van der Waals surface area contributed by atoms with Crippen LogP contribution in [0.25, 0.3) is 0 Å². The lowest BCUT2D eigenvalue weighted by Gasteiger charge is -2.46. The number of carbonyl (C=O) groups is 2. The summed E-state index contributed by atoms with van der Waals surface area (Å²) in [6.07, 6.45) is 9.77. The van der Waals surface area contributed by atoms with Crippen molar-refractivity contribution < 1.29 is 28.0 Å². The van der Waals surface area contributed by atoms with E-state index in [4.69, 9.17) is 25.8 Å². The number of nitrogens with one attached hydrogen (secondary N) is 1. The average Bonchev–Trinajstić information content (AvgIpc) is 3.16. The van der Waals surface area contributed by atoms with E-state index in [2.05, 4.69) is 32.7 Å². The van der Waals surface area contributed by atoms with E-state index in [1.807, 2.05) is 18.2 Å². The molecule has 0 radical (unpaired) electrons. The largest absolute Gasteiger partial charge is 0.490 e. The van der Waals surface area contributed by atoms with Crippen LogP contribution in [0.2, 0.25) is 5.02 Å². The topological polar surface area (TPSA) is 107 Å². The van der Waals surface area contributed by atoms with Crippen LogP contribution in [0, 0.1) is 11.8 Å². The van der Waals surface area contributed by atoms with Gasteiger partial charge in [-0.15, -0.1) is 4.36 Å². The third kappa shape index (κ3) is 6.24. The van der Waals surface area contributed by atoms with Gasteiger partial charge in [-0.05, 0) is 105 Å². The molecule has 0 saturated heterocycles. The second-order valence-electron chi connectivity index (χ2n) is 13.3. The average molecular weight is 668 g/mol. The van der Waals surface area contributed by atoms with E-state index in [0.717, 1.165) is 55.4 Å². The number of halogens is 1. The number of aryl methyl sites for hydroxylation is 1. The number of anilines is 1. The van der Waals surface area contributed by atoms with Gasteiger partial charge in [0.25, 0.3) is 11.8 Å². The molecule has 2 aliphatic carbocycles. The molecule has 1 N–H and O–H groups in total. The molecule has 246 valence electrons. The summed E-state index contributed by atoms with van der Waals surface area (Å²) in [6.45, 7) is 8.66. The van der Waals surface area contributed by atoms with Crippen molar-refractivity contribution >= 4 is 39.0 Å². The van der Waals surface area contributed by atoms with E-state index >= 15 is 0 Å². The fourth-order valence-corrected chi connectivity index (χ4v) is 9.04. The second-order valence-corrected chi connectivity index (χ2v) is 15.6.